The van der Waals surface area contributed by atoms with Gasteiger partial charge in [-0.15, -0.1) is 0 Å². The Balaban J connectivity index is 1.55. The molecule has 0 saturated heterocycles. The Hall–Kier alpha value is -4.24. The van der Waals surface area contributed by atoms with Gasteiger partial charge >= 0.3 is 0 Å². The summed E-state index contributed by atoms with van der Waals surface area (Å²) in [6, 6.07) is 11.7. The van der Waals surface area contributed by atoms with Crippen LogP contribution in [-0.2, 0) is 16.4 Å². The fourth-order valence-corrected chi connectivity index (χ4v) is 5.49. The summed E-state index contributed by atoms with van der Waals surface area (Å²) < 4.78 is 42.2. The number of rotatable bonds is 4. The highest BCUT2D eigenvalue weighted by Crippen LogP contribution is 2.33. The lowest BCUT2D eigenvalue weighted by molar-refractivity contribution is 0.579. The number of para-hydroxylation sites is 1. The van der Waals surface area contributed by atoms with E-state index in [1.165, 1.54) is 4.31 Å². The zero-order chi connectivity index (χ0) is 23.2. The fraction of sp³-hybridized carbons (Fsp3) is 0.143. The molecule has 0 radical (unpaired) electrons. The van der Waals surface area contributed by atoms with Crippen molar-refractivity contribution in [1.82, 2.24) is 20.2 Å². The van der Waals surface area contributed by atoms with Gasteiger partial charge in [0.1, 0.15) is 17.7 Å². The molecule has 12 heteroatoms. The first-order chi connectivity index (χ1) is 15.9. The number of nitrogens with one attached hydrogen (secondary N) is 2. The van der Waals surface area contributed by atoms with E-state index < -0.39 is 15.8 Å². The van der Waals surface area contributed by atoms with Gasteiger partial charge in [0, 0.05) is 0 Å². The molecule has 2 aromatic heterocycles. The number of nitriles is 1. The second-order valence-electron chi connectivity index (χ2n) is 7.53. The maximum absolute atomic E-state index is 13.8. The van der Waals surface area contributed by atoms with E-state index >= 15 is 0 Å². The monoisotopic (exact) mass is 464 g/mol. The summed E-state index contributed by atoms with van der Waals surface area (Å²) in [6.45, 7) is 0.0713. The molecule has 3 heterocycles. The van der Waals surface area contributed by atoms with Crippen molar-refractivity contribution in [3.8, 4) is 6.07 Å². The van der Waals surface area contributed by atoms with Gasteiger partial charge in [0.05, 0.1) is 40.3 Å². The number of sulfonamides is 1. The first kappa shape index (κ1) is 20.7. The third-order valence-corrected chi connectivity index (χ3v) is 7.20. The molecule has 1 unspecified atom stereocenters. The molecule has 0 spiro atoms. The maximum atomic E-state index is 13.8. The number of hydrogen-bond donors (Lipinski definition) is 3. The summed E-state index contributed by atoms with van der Waals surface area (Å²) in [5.74, 6) is -0.299. The van der Waals surface area contributed by atoms with E-state index in [1.807, 2.05) is 12.1 Å². The quantitative estimate of drug-likeness (QED) is 0.415. The highest BCUT2D eigenvalue weighted by Gasteiger charge is 2.34. The minimum absolute atomic E-state index is 0.0466. The lowest BCUT2D eigenvalue weighted by Crippen LogP contribution is -2.45. The van der Waals surface area contributed by atoms with E-state index in [0.717, 1.165) is 23.8 Å². The average molecular weight is 464 g/mol. The molecule has 166 valence electrons. The Kier molecular flexibility index (Phi) is 4.83. The molecule has 0 bridgehead atoms. The van der Waals surface area contributed by atoms with Crippen LogP contribution in [0.5, 0.6) is 0 Å². The number of benzene rings is 2. The zero-order valence-corrected chi connectivity index (χ0v) is 17.8. The molecule has 1 atom stereocenters. The Morgan fingerprint density at radius 1 is 1.24 bits per heavy atom. The standard InChI is InChI=1S/C21H17FN8O2S/c22-17-6-5-15(8-13(17)9-23)33(31,32)30-11-14(7-12-3-1-2-4-18(12)30)26-19-16-10-25-29-20(16)28-21(24)27-19/h1-6,8,10,14H,7,11H2,(H4,24,25,26,27,28,29). The molecule has 0 amide bonds. The van der Waals surface area contributed by atoms with Gasteiger partial charge in [-0.25, -0.2) is 12.8 Å². The highest BCUT2D eigenvalue weighted by atomic mass is 32.2. The molecule has 2 aromatic carbocycles. The van der Waals surface area contributed by atoms with E-state index in [4.69, 9.17) is 11.0 Å². The van der Waals surface area contributed by atoms with Crippen LogP contribution in [0.25, 0.3) is 11.0 Å². The number of nitrogens with two attached hydrogens (primary N) is 1. The smallest absolute Gasteiger partial charge is 0.264 e. The third kappa shape index (κ3) is 3.58. The van der Waals surface area contributed by atoms with Gasteiger partial charge in [0.25, 0.3) is 10.0 Å². The lowest BCUT2D eigenvalue weighted by Gasteiger charge is -2.35. The highest BCUT2D eigenvalue weighted by molar-refractivity contribution is 7.92. The molecule has 0 saturated carbocycles. The van der Waals surface area contributed by atoms with Crippen LogP contribution >= 0.6 is 0 Å². The number of nitrogen functional groups attached to an aromatic ring is 1. The van der Waals surface area contributed by atoms with Crippen molar-refractivity contribution in [2.75, 3.05) is 21.9 Å². The van der Waals surface area contributed by atoms with Gasteiger partial charge in [-0.05, 0) is 36.2 Å². The van der Waals surface area contributed by atoms with Crippen molar-refractivity contribution in [3.05, 3.63) is 65.6 Å². The van der Waals surface area contributed by atoms with E-state index in [1.54, 1.807) is 24.4 Å². The van der Waals surface area contributed by atoms with Crippen molar-refractivity contribution in [2.24, 2.45) is 0 Å². The molecule has 5 rings (SSSR count). The van der Waals surface area contributed by atoms with Gasteiger partial charge in [-0.1, -0.05) is 18.2 Å². The van der Waals surface area contributed by atoms with Crippen LogP contribution in [-0.4, -0.2) is 41.2 Å². The van der Waals surface area contributed by atoms with Crippen LogP contribution in [0.2, 0.25) is 0 Å². The molecular formula is C21H17FN8O2S. The second kappa shape index (κ2) is 7.72. The molecule has 1 aliphatic heterocycles. The van der Waals surface area contributed by atoms with Crippen LogP contribution in [0.4, 0.5) is 21.8 Å². The maximum Gasteiger partial charge on any atom is 0.264 e. The van der Waals surface area contributed by atoms with Crippen LogP contribution in [0.1, 0.15) is 11.1 Å². The molecule has 0 aliphatic carbocycles. The summed E-state index contributed by atoms with van der Waals surface area (Å²) in [7, 11) is -4.09. The van der Waals surface area contributed by atoms with Crippen LogP contribution in [0.15, 0.2) is 53.6 Å². The first-order valence-corrected chi connectivity index (χ1v) is 11.3. The second-order valence-corrected chi connectivity index (χ2v) is 9.39. The largest absolute Gasteiger partial charge is 0.368 e. The molecule has 33 heavy (non-hydrogen) atoms. The number of anilines is 3. The minimum Gasteiger partial charge on any atom is -0.368 e. The van der Waals surface area contributed by atoms with Crippen molar-refractivity contribution in [1.29, 1.82) is 5.26 Å². The number of H-pyrrole nitrogens is 1. The fourth-order valence-electron chi connectivity index (χ4n) is 3.91. The van der Waals surface area contributed by atoms with E-state index in [9.17, 15) is 12.8 Å². The number of halogens is 1. The molecule has 0 fully saturated rings. The Bertz CT molecular complexity index is 1530. The summed E-state index contributed by atoms with van der Waals surface area (Å²) in [5, 5.41) is 19.7. The van der Waals surface area contributed by atoms with E-state index in [0.29, 0.717) is 29.0 Å². The molecule has 1 aliphatic rings. The van der Waals surface area contributed by atoms with Gasteiger partial charge in [-0.3, -0.25) is 9.40 Å². The van der Waals surface area contributed by atoms with Gasteiger partial charge in [0.15, 0.2) is 5.65 Å². The van der Waals surface area contributed by atoms with Crippen molar-refractivity contribution < 1.29 is 12.8 Å². The molecule has 4 N–H and O–H groups in total. The van der Waals surface area contributed by atoms with Crippen LogP contribution in [0.3, 0.4) is 0 Å². The number of fused-ring (bicyclic) bond motifs is 2. The van der Waals surface area contributed by atoms with Gasteiger partial charge < -0.3 is 11.1 Å². The number of aromatic amines is 1. The number of nitrogens with zero attached hydrogens (tertiary/aromatic N) is 5. The van der Waals surface area contributed by atoms with Gasteiger partial charge in [0.2, 0.25) is 5.95 Å². The lowest BCUT2D eigenvalue weighted by atomic mass is 9.99. The Morgan fingerprint density at radius 3 is 2.88 bits per heavy atom. The zero-order valence-electron chi connectivity index (χ0n) is 17.0. The molecular weight excluding hydrogens is 447 g/mol. The van der Waals surface area contributed by atoms with Gasteiger partial charge in [-0.2, -0.15) is 20.3 Å². The van der Waals surface area contributed by atoms with Crippen LogP contribution in [0, 0.1) is 17.1 Å². The third-order valence-electron chi connectivity index (χ3n) is 5.43. The van der Waals surface area contributed by atoms with Crippen molar-refractivity contribution in [2.45, 2.75) is 17.4 Å². The van der Waals surface area contributed by atoms with Crippen molar-refractivity contribution >= 4 is 38.5 Å². The predicted octanol–water partition coefficient (Wildman–Crippen LogP) is 2.18. The SMILES string of the molecule is N#Cc1cc(S(=O)(=O)N2CC(Nc3nc(N)nc4[nH]ncc34)Cc3ccccc32)ccc1F. The van der Waals surface area contributed by atoms with E-state index in [2.05, 4.69) is 25.5 Å². The van der Waals surface area contributed by atoms with Crippen LogP contribution < -0.4 is 15.4 Å². The summed E-state index contributed by atoms with van der Waals surface area (Å²) in [5.41, 5.74) is 7.25. The summed E-state index contributed by atoms with van der Waals surface area (Å²) in [6.07, 6.45) is 2.09. The topological polar surface area (TPSA) is 154 Å². The molecule has 4 aromatic rings. The molecule has 10 nitrogen and oxygen atoms in total. The predicted molar refractivity (Wildman–Crippen MR) is 119 cm³/mol. The Morgan fingerprint density at radius 2 is 2.06 bits per heavy atom. The van der Waals surface area contributed by atoms with E-state index in [-0.39, 0.29) is 29.0 Å². The van der Waals surface area contributed by atoms with Crippen molar-refractivity contribution in [3.63, 3.8) is 0 Å². The summed E-state index contributed by atoms with van der Waals surface area (Å²) >= 11 is 0. The first-order valence-electron chi connectivity index (χ1n) is 9.90. The number of aromatic nitrogens is 4. The number of hydrogen-bond acceptors (Lipinski definition) is 8. The minimum atomic E-state index is -4.09. The normalized spacial score (nSPS) is 15.8. The summed E-state index contributed by atoms with van der Waals surface area (Å²) in [4.78, 5) is 8.17. The Labute approximate surface area is 187 Å². The average Bonchev–Trinajstić information content (AvgIpc) is 3.27.